The Kier molecular flexibility index (Phi) is 4.42. The molecule has 0 bridgehead atoms. The van der Waals surface area contributed by atoms with E-state index in [2.05, 4.69) is 0 Å². The Labute approximate surface area is 122 Å². The van der Waals surface area contributed by atoms with Crippen LogP contribution in [0.15, 0.2) is 24.3 Å². The number of carbonyl (C=O) groups is 1. The van der Waals surface area contributed by atoms with Crippen molar-refractivity contribution >= 4 is 5.78 Å². The van der Waals surface area contributed by atoms with E-state index in [9.17, 15) is 18.0 Å². The van der Waals surface area contributed by atoms with Crippen molar-refractivity contribution in [1.82, 2.24) is 0 Å². The molecule has 1 aromatic carbocycles. The molecule has 1 fully saturated rings. The highest BCUT2D eigenvalue weighted by Gasteiger charge is 2.41. The molecule has 0 aliphatic carbocycles. The van der Waals surface area contributed by atoms with E-state index in [1.165, 1.54) is 6.07 Å². The van der Waals surface area contributed by atoms with Gasteiger partial charge in [0.1, 0.15) is 5.78 Å². The summed E-state index contributed by atoms with van der Waals surface area (Å²) in [7, 11) is 0. The third kappa shape index (κ3) is 3.46. The molecule has 0 amide bonds. The van der Waals surface area contributed by atoms with Crippen molar-refractivity contribution in [2.75, 3.05) is 0 Å². The van der Waals surface area contributed by atoms with Gasteiger partial charge in [-0.05, 0) is 31.4 Å². The normalized spacial score (nSPS) is 29.6. The van der Waals surface area contributed by atoms with Gasteiger partial charge in [-0.1, -0.05) is 25.1 Å². The first-order valence-corrected chi connectivity index (χ1v) is 7.04. The van der Waals surface area contributed by atoms with Gasteiger partial charge in [0.2, 0.25) is 0 Å². The van der Waals surface area contributed by atoms with E-state index in [-0.39, 0.29) is 36.2 Å². The van der Waals surface area contributed by atoms with Gasteiger partial charge in [0, 0.05) is 12.3 Å². The van der Waals surface area contributed by atoms with Crippen LogP contribution in [0.2, 0.25) is 0 Å². The van der Waals surface area contributed by atoms with Crippen LogP contribution in [-0.4, -0.2) is 18.0 Å². The maximum absolute atomic E-state index is 12.7. The summed E-state index contributed by atoms with van der Waals surface area (Å²) in [6.45, 7) is 5.70. The van der Waals surface area contributed by atoms with E-state index in [1.54, 1.807) is 6.07 Å². The second-order valence-electron chi connectivity index (χ2n) is 5.77. The number of ether oxygens (including phenoxy) is 1. The summed E-state index contributed by atoms with van der Waals surface area (Å²) in [5.41, 5.74) is -0.321. The minimum atomic E-state index is -4.38. The van der Waals surface area contributed by atoms with E-state index in [4.69, 9.17) is 4.74 Å². The number of halogens is 3. The summed E-state index contributed by atoms with van der Waals surface area (Å²) < 4.78 is 43.7. The van der Waals surface area contributed by atoms with Crippen LogP contribution in [0.3, 0.4) is 0 Å². The molecule has 2 nitrogen and oxygen atoms in total. The number of benzene rings is 1. The van der Waals surface area contributed by atoms with Crippen molar-refractivity contribution < 1.29 is 22.7 Å². The lowest BCUT2D eigenvalue weighted by atomic mass is 9.84. The largest absolute Gasteiger partial charge is 0.416 e. The molecule has 4 unspecified atom stereocenters. The van der Waals surface area contributed by atoms with Gasteiger partial charge >= 0.3 is 6.18 Å². The van der Waals surface area contributed by atoms with Gasteiger partial charge in [-0.25, -0.2) is 0 Å². The minimum absolute atomic E-state index is 0.00420. The van der Waals surface area contributed by atoms with Crippen LogP contribution in [0.4, 0.5) is 13.2 Å². The van der Waals surface area contributed by atoms with Crippen molar-refractivity contribution in [3.05, 3.63) is 35.4 Å². The predicted molar refractivity (Wildman–Crippen MR) is 72.8 cm³/mol. The highest BCUT2D eigenvalue weighted by molar-refractivity contribution is 5.84. The number of alkyl halides is 3. The first kappa shape index (κ1) is 16.0. The molecule has 2 rings (SSSR count). The molecule has 116 valence electrons. The van der Waals surface area contributed by atoms with Crippen LogP contribution in [0.5, 0.6) is 0 Å². The van der Waals surface area contributed by atoms with Crippen LogP contribution < -0.4 is 0 Å². The SMILES string of the molecule is CC1OC(C)C(C(=O)Cc2cccc(C(F)(F)F)c2)C1C. The van der Waals surface area contributed by atoms with Gasteiger partial charge in [-0.3, -0.25) is 4.79 Å². The molecule has 5 heteroatoms. The van der Waals surface area contributed by atoms with Crippen molar-refractivity contribution in [2.24, 2.45) is 11.8 Å². The summed E-state index contributed by atoms with van der Waals surface area (Å²) >= 11 is 0. The van der Waals surface area contributed by atoms with Crippen LogP contribution in [0.1, 0.15) is 31.9 Å². The molecule has 21 heavy (non-hydrogen) atoms. The number of ketones is 1. The third-order valence-corrected chi connectivity index (χ3v) is 4.25. The lowest BCUT2D eigenvalue weighted by Gasteiger charge is -2.17. The molecule has 4 atom stereocenters. The lowest BCUT2D eigenvalue weighted by Crippen LogP contribution is -2.28. The van der Waals surface area contributed by atoms with E-state index in [1.807, 2.05) is 20.8 Å². The number of carbonyl (C=O) groups excluding carboxylic acids is 1. The smallest absolute Gasteiger partial charge is 0.375 e. The average Bonchev–Trinajstić information content (AvgIpc) is 2.62. The number of hydrogen-bond acceptors (Lipinski definition) is 2. The second kappa shape index (κ2) is 5.79. The zero-order valence-electron chi connectivity index (χ0n) is 12.3. The Morgan fingerprint density at radius 2 is 1.86 bits per heavy atom. The fourth-order valence-corrected chi connectivity index (χ4v) is 3.00. The summed E-state index contributed by atoms with van der Waals surface area (Å²) in [5, 5.41) is 0. The third-order valence-electron chi connectivity index (χ3n) is 4.25. The van der Waals surface area contributed by atoms with E-state index >= 15 is 0 Å². The van der Waals surface area contributed by atoms with Gasteiger partial charge in [0.05, 0.1) is 17.8 Å². The van der Waals surface area contributed by atoms with Gasteiger partial charge in [-0.2, -0.15) is 13.2 Å². The molecule has 0 N–H and O–H groups in total. The fraction of sp³-hybridized carbons (Fsp3) is 0.562. The van der Waals surface area contributed by atoms with Crippen LogP contribution in [-0.2, 0) is 22.1 Å². The number of hydrogen-bond donors (Lipinski definition) is 0. The Morgan fingerprint density at radius 3 is 2.38 bits per heavy atom. The van der Waals surface area contributed by atoms with Crippen LogP contribution >= 0.6 is 0 Å². The van der Waals surface area contributed by atoms with Crippen molar-refractivity contribution in [1.29, 1.82) is 0 Å². The van der Waals surface area contributed by atoms with Crippen LogP contribution in [0, 0.1) is 11.8 Å². The van der Waals surface area contributed by atoms with Crippen molar-refractivity contribution in [3.8, 4) is 0 Å². The number of rotatable bonds is 3. The standard InChI is InChI=1S/C16H19F3O2/c1-9-10(2)21-11(3)15(9)14(20)8-12-5-4-6-13(7-12)16(17,18)19/h4-7,9-11,15H,8H2,1-3H3. The molecular weight excluding hydrogens is 281 g/mol. The molecular formula is C16H19F3O2. The molecule has 0 spiro atoms. The monoisotopic (exact) mass is 300 g/mol. The Hall–Kier alpha value is -1.36. The maximum Gasteiger partial charge on any atom is 0.416 e. The van der Waals surface area contributed by atoms with E-state index < -0.39 is 11.7 Å². The zero-order chi connectivity index (χ0) is 15.8. The molecule has 0 aromatic heterocycles. The molecule has 1 heterocycles. The van der Waals surface area contributed by atoms with Gasteiger partial charge in [0.25, 0.3) is 0 Å². The summed E-state index contributed by atoms with van der Waals surface area (Å²) in [5.74, 6) is -0.230. The molecule has 1 aromatic rings. The minimum Gasteiger partial charge on any atom is -0.375 e. The Bertz CT molecular complexity index is 524. The van der Waals surface area contributed by atoms with Crippen molar-refractivity contribution in [3.63, 3.8) is 0 Å². The highest BCUT2D eigenvalue weighted by Crippen LogP contribution is 2.34. The molecule has 1 saturated heterocycles. The van der Waals surface area contributed by atoms with Gasteiger partial charge in [-0.15, -0.1) is 0 Å². The molecule has 1 aliphatic rings. The summed E-state index contributed by atoms with van der Waals surface area (Å²) in [6.07, 6.45) is -4.56. The van der Waals surface area contributed by atoms with Gasteiger partial charge < -0.3 is 4.74 Å². The average molecular weight is 300 g/mol. The fourth-order valence-electron chi connectivity index (χ4n) is 3.00. The Balaban J connectivity index is 2.13. The summed E-state index contributed by atoms with van der Waals surface area (Å²) in [6, 6.07) is 4.96. The van der Waals surface area contributed by atoms with Crippen LogP contribution in [0.25, 0.3) is 0 Å². The molecule has 1 aliphatic heterocycles. The summed E-state index contributed by atoms with van der Waals surface area (Å²) in [4.78, 5) is 12.4. The second-order valence-corrected chi connectivity index (χ2v) is 5.77. The lowest BCUT2D eigenvalue weighted by molar-refractivity contribution is -0.137. The topological polar surface area (TPSA) is 26.3 Å². The predicted octanol–water partition coefficient (Wildman–Crippen LogP) is 3.88. The van der Waals surface area contributed by atoms with Crippen molar-refractivity contribution in [2.45, 2.75) is 45.6 Å². The maximum atomic E-state index is 12.7. The first-order valence-electron chi connectivity index (χ1n) is 7.04. The number of Topliss-reactive ketones (excluding diaryl/α,β-unsaturated/α-hetero) is 1. The van der Waals surface area contributed by atoms with E-state index in [0.717, 1.165) is 12.1 Å². The quantitative estimate of drug-likeness (QED) is 0.847. The zero-order valence-corrected chi connectivity index (χ0v) is 12.3. The van der Waals surface area contributed by atoms with E-state index in [0.29, 0.717) is 5.56 Å². The Morgan fingerprint density at radius 1 is 1.19 bits per heavy atom. The molecule has 0 radical (unpaired) electrons. The highest BCUT2D eigenvalue weighted by atomic mass is 19.4. The van der Waals surface area contributed by atoms with Gasteiger partial charge in [0.15, 0.2) is 0 Å². The molecule has 0 saturated carbocycles. The first-order chi connectivity index (χ1) is 9.70.